The van der Waals surface area contributed by atoms with Crippen LogP contribution in [0, 0.1) is 16.7 Å². The molecule has 6 heteroatoms. The lowest BCUT2D eigenvalue weighted by Crippen LogP contribution is -2.50. The van der Waals surface area contributed by atoms with Gasteiger partial charge in [0.15, 0.2) is 0 Å². The number of thioether (sulfide) groups is 1. The minimum absolute atomic E-state index is 0.125. The summed E-state index contributed by atoms with van der Waals surface area (Å²) in [4.78, 5) is 24.1. The fraction of sp³-hybridized carbons (Fsp3) is 0.812. The van der Waals surface area contributed by atoms with Crippen LogP contribution in [0.5, 0.6) is 0 Å². The Labute approximate surface area is 136 Å². The van der Waals surface area contributed by atoms with Gasteiger partial charge in [0.05, 0.1) is 6.07 Å². The summed E-state index contributed by atoms with van der Waals surface area (Å²) in [5, 5.41) is 12.3. The number of nitrogens with one attached hydrogen (secondary N) is 1. The third kappa shape index (κ3) is 3.95. The molecule has 1 saturated carbocycles. The molecule has 3 N–H and O–H groups in total. The van der Waals surface area contributed by atoms with Crippen molar-refractivity contribution in [3.05, 3.63) is 0 Å². The van der Waals surface area contributed by atoms with E-state index < -0.39 is 11.0 Å². The number of primary amides is 1. The van der Waals surface area contributed by atoms with Crippen molar-refractivity contribution < 1.29 is 9.59 Å². The normalized spacial score (nSPS) is 23.2. The first-order chi connectivity index (χ1) is 10.5. The van der Waals surface area contributed by atoms with Gasteiger partial charge in [-0.1, -0.05) is 19.3 Å². The quantitative estimate of drug-likeness (QED) is 0.810. The van der Waals surface area contributed by atoms with Gasteiger partial charge in [0, 0.05) is 11.8 Å². The molecule has 0 bridgehead atoms. The summed E-state index contributed by atoms with van der Waals surface area (Å²) < 4.78 is 0. The van der Waals surface area contributed by atoms with Gasteiger partial charge >= 0.3 is 0 Å². The minimum Gasteiger partial charge on any atom is -0.369 e. The summed E-state index contributed by atoms with van der Waals surface area (Å²) in [6, 6.07) is 2.28. The van der Waals surface area contributed by atoms with Gasteiger partial charge in [0.1, 0.15) is 5.54 Å². The van der Waals surface area contributed by atoms with Crippen LogP contribution < -0.4 is 11.1 Å². The summed E-state index contributed by atoms with van der Waals surface area (Å²) in [6.45, 7) is 0. The number of rotatable bonds is 5. The maximum absolute atomic E-state index is 12.3. The zero-order valence-corrected chi connectivity index (χ0v) is 13.8. The Balaban J connectivity index is 1.91. The topological polar surface area (TPSA) is 96.0 Å². The predicted octanol–water partition coefficient (Wildman–Crippen LogP) is 2.11. The predicted molar refractivity (Wildman–Crippen MR) is 87.0 cm³/mol. The number of hydrogen-bond acceptors (Lipinski definition) is 4. The second-order valence-electron chi connectivity index (χ2n) is 6.56. The van der Waals surface area contributed by atoms with Crippen LogP contribution in [0.15, 0.2) is 0 Å². The molecule has 1 aliphatic heterocycles. The van der Waals surface area contributed by atoms with Crippen LogP contribution in [0.1, 0.15) is 57.8 Å². The van der Waals surface area contributed by atoms with Gasteiger partial charge in [-0.25, -0.2) is 0 Å². The van der Waals surface area contributed by atoms with E-state index in [1.807, 2.05) is 11.8 Å². The Kier molecular flexibility index (Phi) is 5.74. The lowest BCUT2D eigenvalue weighted by Gasteiger charge is -2.35. The molecule has 0 aromatic carbocycles. The van der Waals surface area contributed by atoms with Crippen molar-refractivity contribution in [3.63, 3.8) is 0 Å². The molecule has 1 saturated heterocycles. The highest BCUT2D eigenvalue weighted by Crippen LogP contribution is 2.40. The number of carbonyl (C=O) groups is 2. The first-order valence-corrected chi connectivity index (χ1v) is 9.27. The molecular weight excluding hydrogens is 298 g/mol. The lowest BCUT2D eigenvalue weighted by atomic mass is 9.70. The minimum atomic E-state index is -0.714. The first-order valence-electron chi connectivity index (χ1n) is 8.12. The van der Waals surface area contributed by atoms with E-state index >= 15 is 0 Å². The van der Waals surface area contributed by atoms with E-state index in [0.717, 1.165) is 43.6 Å². The molecule has 2 amide bonds. The molecule has 2 fully saturated rings. The highest BCUT2D eigenvalue weighted by atomic mass is 32.2. The second kappa shape index (κ2) is 7.36. The summed E-state index contributed by atoms with van der Waals surface area (Å²) in [7, 11) is 0. The lowest BCUT2D eigenvalue weighted by molar-refractivity contribution is -0.131. The van der Waals surface area contributed by atoms with Crippen molar-refractivity contribution >= 4 is 23.6 Å². The number of nitriles is 1. The van der Waals surface area contributed by atoms with Gasteiger partial charge in [-0.2, -0.15) is 17.0 Å². The van der Waals surface area contributed by atoms with Crippen molar-refractivity contribution in [2.75, 3.05) is 11.5 Å². The molecule has 1 aliphatic carbocycles. The number of hydrogen-bond donors (Lipinski definition) is 2. The zero-order valence-electron chi connectivity index (χ0n) is 13.0. The summed E-state index contributed by atoms with van der Waals surface area (Å²) in [5.41, 5.74) is 4.37. The van der Waals surface area contributed by atoms with Crippen LogP contribution in [0.4, 0.5) is 0 Å². The Bertz CT molecular complexity index is 461. The molecule has 0 aromatic rings. The maximum atomic E-state index is 12.3. The van der Waals surface area contributed by atoms with Gasteiger partial charge in [0.2, 0.25) is 11.8 Å². The van der Waals surface area contributed by atoms with Crippen LogP contribution in [0.3, 0.4) is 0 Å². The van der Waals surface area contributed by atoms with Crippen LogP contribution in [0.2, 0.25) is 0 Å². The molecule has 0 unspecified atom stereocenters. The van der Waals surface area contributed by atoms with E-state index in [9.17, 15) is 14.9 Å². The van der Waals surface area contributed by atoms with E-state index in [0.29, 0.717) is 19.3 Å². The van der Waals surface area contributed by atoms with E-state index in [1.54, 1.807) is 0 Å². The van der Waals surface area contributed by atoms with Gasteiger partial charge in [-0.05, 0) is 43.6 Å². The molecule has 1 heterocycles. The van der Waals surface area contributed by atoms with E-state index in [-0.39, 0.29) is 18.2 Å². The Morgan fingerprint density at radius 1 is 1.14 bits per heavy atom. The maximum Gasteiger partial charge on any atom is 0.223 e. The van der Waals surface area contributed by atoms with E-state index in [1.165, 1.54) is 0 Å². The molecule has 2 aliphatic rings. The van der Waals surface area contributed by atoms with Gasteiger partial charge in [0.25, 0.3) is 0 Å². The van der Waals surface area contributed by atoms with Gasteiger partial charge in [-0.15, -0.1) is 0 Å². The zero-order chi connectivity index (χ0) is 16.1. The first kappa shape index (κ1) is 17.1. The molecular formula is C16H25N3O2S. The van der Waals surface area contributed by atoms with E-state index in [2.05, 4.69) is 11.4 Å². The van der Waals surface area contributed by atoms with Crippen molar-refractivity contribution in [2.24, 2.45) is 11.1 Å². The Hall–Kier alpha value is -1.22. The van der Waals surface area contributed by atoms with Crippen molar-refractivity contribution in [3.8, 4) is 6.07 Å². The third-order valence-electron chi connectivity index (χ3n) is 5.10. The molecule has 0 radical (unpaired) electrons. The molecule has 22 heavy (non-hydrogen) atoms. The number of nitrogens with zero attached hydrogens (tertiary/aromatic N) is 1. The highest BCUT2D eigenvalue weighted by Gasteiger charge is 2.39. The van der Waals surface area contributed by atoms with Gasteiger partial charge in [-0.3, -0.25) is 9.59 Å². The Morgan fingerprint density at radius 3 is 2.32 bits per heavy atom. The summed E-state index contributed by atoms with van der Waals surface area (Å²) in [5.74, 6) is 1.40. The van der Waals surface area contributed by atoms with Crippen LogP contribution in [-0.2, 0) is 9.59 Å². The third-order valence-corrected chi connectivity index (χ3v) is 6.09. The van der Waals surface area contributed by atoms with Crippen molar-refractivity contribution in [1.29, 1.82) is 5.26 Å². The van der Waals surface area contributed by atoms with Gasteiger partial charge < -0.3 is 11.1 Å². The number of carbonyl (C=O) groups excluding carboxylic acids is 2. The fourth-order valence-corrected chi connectivity index (χ4v) is 4.70. The Morgan fingerprint density at radius 2 is 1.77 bits per heavy atom. The second-order valence-corrected chi connectivity index (χ2v) is 7.78. The van der Waals surface area contributed by atoms with Crippen LogP contribution in [-0.4, -0.2) is 28.9 Å². The molecule has 122 valence electrons. The van der Waals surface area contributed by atoms with Crippen LogP contribution in [0.25, 0.3) is 0 Å². The largest absolute Gasteiger partial charge is 0.369 e. The fourth-order valence-electron chi connectivity index (χ4n) is 3.51. The van der Waals surface area contributed by atoms with Crippen molar-refractivity contribution in [1.82, 2.24) is 5.32 Å². The summed E-state index contributed by atoms with van der Waals surface area (Å²) >= 11 is 1.82. The highest BCUT2D eigenvalue weighted by molar-refractivity contribution is 7.99. The van der Waals surface area contributed by atoms with E-state index in [4.69, 9.17) is 5.73 Å². The average Bonchev–Trinajstić information content (AvgIpc) is 2.54. The molecule has 0 aromatic heterocycles. The number of nitrogens with two attached hydrogens (primary N) is 1. The smallest absolute Gasteiger partial charge is 0.223 e. The van der Waals surface area contributed by atoms with Crippen LogP contribution >= 0.6 is 11.8 Å². The summed E-state index contributed by atoms with van der Waals surface area (Å²) in [6.07, 6.45) is 6.89. The SMILES string of the molecule is N#CC1(NC(=O)CCC2(C(N)=O)CCCCC2)CCSCC1. The van der Waals surface area contributed by atoms with Crippen molar-refractivity contribution in [2.45, 2.75) is 63.3 Å². The number of amides is 2. The standard InChI is InChI=1S/C16H25N3O2S/c17-12-16(8-10-22-11-9-16)19-13(20)4-7-15(14(18)21)5-2-1-3-6-15/h1-11H2,(H2,18,21)(H,19,20). The molecule has 0 spiro atoms. The average molecular weight is 323 g/mol. The molecule has 2 rings (SSSR count). The monoisotopic (exact) mass is 323 g/mol. The molecule has 0 atom stereocenters. The molecule has 5 nitrogen and oxygen atoms in total.